The van der Waals surface area contributed by atoms with Crippen LogP contribution >= 0.6 is 0 Å². The molecule has 2 saturated heterocycles. The van der Waals surface area contributed by atoms with Crippen LogP contribution in [0.5, 0.6) is 6.01 Å². The number of aliphatic hydroxyl groups excluding tert-OH is 1. The second-order valence-electron chi connectivity index (χ2n) is 15.1. The first kappa shape index (κ1) is 39.4. The minimum absolute atomic E-state index is 0.00584. The Hall–Kier alpha value is -4.26. The van der Waals surface area contributed by atoms with Gasteiger partial charge in [-0.2, -0.15) is 15.2 Å². The first-order valence-electron chi connectivity index (χ1n) is 19.1. The van der Waals surface area contributed by atoms with Crippen molar-refractivity contribution >= 4 is 28.4 Å². The van der Waals surface area contributed by atoms with E-state index < -0.39 is 11.7 Å². The number of nitrogens with zero attached hydrogens (tertiary/aromatic N) is 7. The van der Waals surface area contributed by atoms with E-state index in [2.05, 4.69) is 70.3 Å². The van der Waals surface area contributed by atoms with Crippen LogP contribution in [0.1, 0.15) is 44.9 Å². The quantitative estimate of drug-likeness (QED) is 0.224. The summed E-state index contributed by atoms with van der Waals surface area (Å²) in [6.45, 7) is 11.7. The molecule has 14 heteroatoms. The molecular formula is C40H55N7O7. The van der Waals surface area contributed by atoms with E-state index in [4.69, 9.17) is 38.8 Å². The Bertz CT molecular complexity index is 1740. The number of fused-ring (bicyclic) bond motifs is 2. The lowest BCUT2D eigenvalue weighted by Gasteiger charge is -2.42. The molecule has 0 bridgehead atoms. The fourth-order valence-electron chi connectivity index (χ4n) is 7.47. The van der Waals surface area contributed by atoms with Crippen LogP contribution in [0.25, 0.3) is 10.8 Å². The van der Waals surface area contributed by atoms with Gasteiger partial charge in [0, 0.05) is 55.4 Å². The molecule has 4 heterocycles. The second-order valence-corrected chi connectivity index (χ2v) is 15.1. The number of aromatic nitrogens is 2. The number of amides is 1. The average molecular weight is 746 g/mol. The van der Waals surface area contributed by atoms with Gasteiger partial charge in [-0.1, -0.05) is 36.4 Å². The van der Waals surface area contributed by atoms with Crippen molar-refractivity contribution in [2.24, 2.45) is 0 Å². The number of ether oxygens (including phenoxy) is 5. The molecule has 0 spiro atoms. The molecule has 2 aromatic carbocycles. The molecule has 0 aliphatic carbocycles. The largest absolute Gasteiger partial charge is 0.462 e. The molecule has 54 heavy (non-hydrogen) atoms. The third kappa shape index (κ3) is 10.1. The number of nitriles is 1. The summed E-state index contributed by atoms with van der Waals surface area (Å²) in [4.78, 5) is 31.8. The van der Waals surface area contributed by atoms with Gasteiger partial charge in [-0.3, -0.25) is 4.90 Å². The van der Waals surface area contributed by atoms with E-state index in [9.17, 15) is 10.1 Å². The van der Waals surface area contributed by atoms with Gasteiger partial charge in [0.2, 0.25) is 0 Å². The number of carbonyl (C=O) groups is 1. The first-order chi connectivity index (χ1) is 26.1. The summed E-state index contributed by atoms with van der Waals surface area (Å²) in [5, 5.41) is 21.0. The summed E-state index contributed by atoms with van der Waals surface area (Å²) in [6, 6.07) is 17.2. The Kier molecular flexibility index (Phi) is 13.4. The predicted octanol–water partition coefficient (Wildman–Crippen LogP) is 4.03. The molecular weight excluding hydrogens is 690 g/mol. The maximum Gasteiger partial charge on any atom is 0.410 e. The summed E-state index contributed by atoms with van der Waals surface area (Å²) in [5.74, 6) is 0.807. The van der Waals surface area contributed by atoms with Gasteiger partial charge >= 0.3 is 12.1 Å². The van der Waals surface area contributed by atoms with Gasteiger partial charge in [0.15, 0.2) is 0 Å². The second kappa shape index (κ2) is 18.4. The fraction of sp³-hybridized carbons (Fsp3) is 0.600. The highest BCUT2D eigenvalue weighted by atomic mass is 16.6. The molecule has 1 N–H and O–H groups in total. The number of hydrogen-bond donors (Lipinski definition) is 1. The van der Waals surface area contributed by atoms with Gasteiger partial charge < -0.3 is 43.5 Å². The van der Waals surface area contributed by atoms with Gasteiger partial charge in [0.1, 0.15) is 18.0 Å². The topological polar surface area (TPSA) is 146 Å². The van der Waals surface area contributed by atoms with E-state index in [0.717, 1.165) is 43.0 Å². The van der Waals surface area contributed by atoms with E-state index in [0.29, 0.717) is 71.8 Å². The van der Waals surface area contributed by atoms with E-state index in [1.165, 1.54) is 16.5 Å². The van der Waals surface area contributed by atoms with Crippen LogP contribution in [-0.2, 0) is 31.9 Å². The van der Waals surface area contributed by atoms with Crippen molar-refractivity contribution < 1.29 is 33.6 Å². The number of hydrogen-bond acceptors (Lipinski definition) is 13. The summed E-state index contributed by atoms with van der Waals surface area (Å²) in [5.41, 5.74) is 2.53. The summed E-state index contributed by atoms with van der Waals surface area (Å²) in [6.07, 6.45) is 1.40. The van der Waals surface area contributed by atoms with Gasteiger partial charge in [-0.25, -0.2) is 4.79 Å². The smallest absolute Gasteiger partial charge is 0.410 e. The number of rotatable bonds is 15. The van der Waals surface area contributed by atoms with E-state index in [-0.39, 0.29) is 31.2 Å². The number of benzene rings is 2. The molecule has 1 aromatic heterocycles. The Balaban J connectivity index is 1.17. The van der Waals surface area contributed by atoms with Crippen LogP contribution in [0.2, 0.25) is 0 Å². The molecule has 6 rings (SSSR count). The summed E-state index contributed by atoms with van der Waals surface area (Å²) < 4.78 is 29.1. The van der Waals surface area contributed by atoms with Crippen molar-refractivity contribution in [2.75, 3.05) is 95.8 Å². The van der Waals surface area contributed by atoms with E-state index >= 15 is 0 Å². The molecule has 292 valence electrons. The fourth-order valence-corrected chi connectivity index (χ4v) is 7.47. The third-order valence-corrected chi connectivity index (χ3v) is 10.1. The molecule has 2 fully saturated rings. The van der Waals surface area contributed by atoms with Crippen LogP contribution in [-0.4, -0.2) is 141 Å². The molecule has 0 saturated carbocycles. The maximum absolute atomic E-state index is 13.2. The van der Waals surface area contributed by atoms with Crippen molar-refractivity contribution in [1.82, 2.24) is 19.8 Å². The molecule has 3 aliphatic rings. The third-order valence-electron chi connectivity index (χ3n) is 10.1. The molecule has 1 amide bonds. The SMILES string of the molecule is CN1C[C@H](OCCOCCOCCO)C[C@H]1COc1nc2c(c(N3CCN(C(=O)OC(C)(C)C)[C@@H](CC#N)C3)n1)CCN(c1cccc3ccccc13)C2. The van der Waals surface area contributed by atoms with Crippen molar-refractivity contribution in [3.63, 3.8) is 0 Å². The van der Waals surface area contributed by atoms with Crippen molar-refractivity contribution in [2.45, 2.75) is 70.4 Å². The Morgan fingerprint density at radius 1 is 0.944 bits per heavy atom. The van der Waals surface area contributed by atoms with Gasteiger partial charge in [0.05, 0.1) is 76.5 Å². The molecule has 3 atom stereocenters. The minimum atomic E-state index is -0.635. The highest BCUT2D eigenvalue weighted by Crippen LogP contribution is 2.35. The predicted molar refractivity (Wildman–Crippen MR) is 205 cm³/mol. The van der Waals surface area contributed by atoms with E-state index in [1.54, 1.807) is 4.90 Å². The molecule has 3 aliphatic heterocycles. The molecule has 3 aromatic rings. The van der Waals surface area contributed by atoms with Crippen LogP contribution < -0.4 is 14.5 Å². The lowest BCUT2D eigenvalue weighted by molar-refractivity contribution is -0.0113. The number of carbonyl (C=O) groups excluding carboxylic acids is 1. The van der Waals surface area contributed by atoms with E-state index in [1.807, 2.05) is 20.8 Å². The number of likely N-dealkylation sites (N-methyl/N-ethyl adjacent to an activating group) is 1. The number of likely N-dealkylation sites (tertiary alicyclic amines) is 1. The van der Waals surface area contributed by atoms with Gasteiger partial charge in [0.25, 0.3) is 0 Å². The maximum atomic E-state index is 13.2. The van der Waals surface area contributed by atoms with Crippen molar-refractivity contribution in [3.8, 4) is 12.1 Å². The summed E-state index contributed by atoms with van der Waals surface area (Å²) >= 11 is 0. The zero-order valence-electron chi connectivity index (χ0n) is 32.1. The monoisotopic (exact) mass is 745 g/mol. The normalized spacial score (nSPS) is 20.6. The zero-order valence-corrected chi connectivity index (χ0v) is 32.1. The lowest BCUT2D eigenvalue weighted by atomic mass is 10.0. The number of aliphatic hydroxyl groups is 1. The lowest BCUT2D eigenvalue weighted by Crippen LogP contribution is -2.56. The minimum Gasteiger partial charge on any atom is -0.462 e. The number of anilines is 2. The van der Waals surface area contributed by atoms with Gasteiger partial charge in [-0.05, 0) is 52.1 Å². The van der Waals surface area contributed by atoms with Crippen LogP contribution in [0, 0.1) is 11.3 Å². The van der Waals surface area contributed by atoms with Gasteiger partial charge in [-0.15, -0.1) is 0 Å². The highest BCUT2D eigenvalue weighted by Gasteiger charge is 2.36. The molecule has 0 unspecified atom stereocenters. The zero-order chi connectivity index (χ0) is 38.1. The first-order valence-corrected chi connectivity index (χ1v) is 19.1. The highest BCUT2D eigenvalue weighted by molar-refractivity contribution is 5.94. The Morgan fingerprint density at radius 2 is 1.72 bits per heavy atom. The standard InChI is InChI=1S/C40H55N7O7/c1-40(2,3)54-39(49)47-17-16-46(25-30(47)12-14-41)37-34-13-15-45(36-11-7-9-29-8-5-6-10-33(29)36)27-35(34)42-38(43-37)53-28-31-24-32(26-44(31)4)52-23-22-51-21-20-50-19-18-48/h5-11,30-32,48H,12-13,15-28H2,1-4H3/t30-,31-,32+/m0/s1. The van der Waals surface area contributed by atoms with Crippen LogP contribution in [0.15, 0.2) is 42.5 Å². The van der Waals surface area contributed by atoms with Crippen LogP contribution in [0.3, 0.4) is 0 Å². The van der Waals surface area contributed by atoms with Crippen molar-refractivity contribution in [3.05, 3.63) is 53.7 Å². The molecule has 14 nitrogen and oxygen atoms in total. The summed E-state index contributed by atoms with van der Waals surface area (Å²) in [7, 11) is 2.08. The number of piperazine rings is 1. The van der Waals surface area contributed by atoms with Crippen LogP contribution in [0.4, 0.5) is 16.3 Å². The Morgan fingerprint density at radius 3 is 2.52 bits per heavy atom. The Labute approximate surface area is 318 Å². The average Bonchev–Trinajstić information content (AvgIpc) is 3.52. The van der Waals surface area contributed by atoms with Crippen molar-refractivity contribution in [1.29, 1.82) is 5.26 Å². The molecule has 0 radical (unpaired) electrons.